The Kier molecular flexibility index (Phi) is 22.9. The minimum atomic E-state index is -4.02. The fourth-order valence-corrected chi connectivity index (χ4v) is 6.41. The predicted molar refractivity (Wildman–Crippen MR) is 225 cm³/mol. The number of anilines is 1. The van der Waals surface area contributed by atoms with E-state index in [4.69, 9.17) is 33.5 Å². The molecule has 17 nitrogen and oxygen atoms in total. The summed E-state index contributed by atoms with van der Waals surface area (Å²) in [5, 5.41) is 11.1. The highest BCUT2D eigenvalue weighted by Crippen LogP contribution is 2.20. The van der Waals surface area contributed by atoms with Crippen LogP contribution in [0.5, 0.6) is 5.75 Å². The number of aliphatic carboxylic acids is 1. The van der Waals surface area contributed by atoms with Crippen LogP contribution in [0.2, 0.25) is 0 Å². The van der Waals surface area contributed by atoms with Crippen LogP contribution in [-0.4, -0.2) is 112 Å². The number of nitrogens with zero attached hydrogens (tertiary/aromatic N) is 2. The maximum absolute atomic E-state index is 13.0. The van der Waals surface area contributed by atoms with Crippen molar-refractivity contribution in [3.63, 3.8) is 0 Å². The van der Waals surface area contributed by atoms with Gasteiger partial charge in [0.05, 0.1) is 43.5 Å². The summed E-state index contributed by atoms with van der Waals surface area (Å²) in [5.74, 6) is -1.44. The topological polar surface area (TPSA) is 228 Å². The van der Waals surface area contributed by atoms with Crippen molar-refractivity contribution < 1.29 is 61.1 Å². The van der Waals surface area contributed by atoms with Crippen LogP contribution in [0, 0.1) is 0 Å². The highest BCUT2D eigenvalue weighted by Gasteiger charge is 2.17. The SMILES string of the molecule is CC(C)(C)OC(=O)CCCCCCCc1ccc(COc2ccc(S(=O)(=O)Nc3ncc(C(=O)NCCOCCOCC(=O)CCCOCCOCC(=O)O)cn3)cc2)cc1. The van der Waals surface area contributed by atoms with E-state index in [1.165, 1.54) is 30.1 Å². The number of amides is 1. The van der Waals surface area contributed by atoms with Gasteiger partial charge in [-0.3, -0.25) is 14.4 Å². The number of carboxylic acids is 1. The van der Waals surface area contributed by atoms with Crippen LogP contribution >= 0.6 is 0 Å². The molecule has 61 heavy (non-hydrogen) atoms. The van der Waals surface area contributed by atoms with Gasteiger partial charge in [-0.25, -0.2) is 27.9 Å². The minimum Gasteiger partial charge on any atom is -0.489 e. The molecule has 0 aliphatic carbocycles. The standard InChI is InChI=1S/C43H60N4O13S/c1-43(2,3)60-40(51)12-8-6-4-5-7-10-33-13-15-34(16-14-33)30-59-37-17-19-38(20-18-37)61(53,54)47-42-45-28-35(29-46-42)41(52)44-21-23-56-25-26-57-31-36(48)11-9-22-55-24-27-58-32-39(49)50/h13-20,28-29H,4-12,21-27,30-32H2,1-3H3,(H,44,52)(H,49,50)(H,45,46,47). The summed E-state index contributed by atoms with van der Waals surface area (Å²) < 4.78 is 60.3. The second-order valence-corrected chi connectivity index (χ2v) is 16.6. The van der Waals surface area contributed by atoms with Crippen molar-refractivity contribution in [2.75, 3.05) is 64.1 Å². The summed E-state index contributed by atoms with van der Waals surface area (Å²) in [4.78, 5) is 54.4. The van der Waals surface area contributed by atoms with Crippen LogP contribution in [0.15, 0.2) is 65.8 Å². The molecule has 1 heterocycles. The van der Waals surface area contributed by atoms with Crippen molar-refractivity contribution in [3.05, 3.63) is 77.6 Å². The smallest absolute Gasteiger partial charge is 0.329 e. The number of aryl methyl sites for hydroxylation is 1. The molecule has 3 rings (SSSR count). The molecule has 1 aromatic heterocycles. The number of carboxylic acid groups (broad SMARTS) is 1. The van der Waals surface area contributed by atoms with Crippen LogP contribution < -0.4 is 14.8 Å². The first-order chi connectivity index (χ1) is 29.2. The Hall–Kier alpha value is -5.01. The zero-order valence-corrected chi connectivity index (χ0v) is 36.2. The lowest BCUT2D eigenvalue weighted by Crippen LogP contribution is -2.28. The third-order valence-electron chi connectivity index (χ3n) is 8.48. The van der Waals surface area contributed by atoms with Gasteiger partial charge in [0.1, 0.15) is 31.2 Å². The van der Waals surface area contributed by atoms with E-state index in [9.17, 15) is 27.6 Å². The van der Waals surface area contributed by atoms with Crippen molar-refractivity contribution in [3.8, 4) is 5.75 Å². The maximum Gasteiger partial charge on any atom is 0.329 e. The van der Waals surface area contributed by atoms with Gasteiger partial charge < -0.3 is 38.8 Å². The number of rotatable bonds is 32. The van der Waals surface area contributed by atoms with E-state index in [0.717, 1.165) is 44.1 Å². The summed E-state index contributed by atoms with van der Waals surface area (Å²) in [6.07, 6.45) is 9.76. The molecule has 0 spiro atoms. The van der Waals surface area contributed by atoms with E-state index in [1.807, 2.05) is 32.9 Å². The Balaban J connectivity index is 1.24. The second kappa shape index (κ2) is 27.8. The molecule has 0 radical (unpaired) electrons. The number of esters is 1. The average molecular weight is 873 g/mol. The van der Waals surface area contributed by atoms with Crippen LogP contribution in [0.4, 0.5) is 5.95 Å². The van der Waals surface area contributed by atoms with Gasteiger partial charge in [-0.05, 0) is 81.8 Å². The van der Waals surface area contributed by atoms with Crippen molar-refractivity contribution in [1.29, 1.82) is 0 Å². The van der Waals surface area contributed by atoms with E-state index in [2.05, 4.69) is 32.1 Å². The molecule has 0 unspecified atom stereocenters. The molecule has 0 saturated heterocycles. The number of benzene rings is 2. The number of ketones is 1. The Morgan fingerprint density at radius 3 is 1.97 bits per heavy atom. The molecule has 18 heteroatoms. The Labute approximate surface area is 358 Å². The summed E-state index contributed by atoms with van der Waals surface area (Å²) in [6.45, 7) is 7.07. The third kappa shape index (κ3) is 23.0. The number of hydrogen-bond acceptors (Lipinski definition) is 14. The fourth-order valence-electron chi connectivity index (χ4n) is 5.45. The summed E-state index contributed by atoms with van der Waals surface area (Å²) >= 11 is 0. The first kappa shape index (κ1) is 50.3. The molecule has 0 aliphatic rings. The zero-order chi connectivity index (χ0) is 44.4. The van der Waals surface area contributed by atoms with Crippen molar-refractivity contribution in [2.24, 2.45) is 0 Å². The predicted octanol–water partition coefficient (Wildman–Crippen LogP) is 5.31. The van der Waals surface area contributed by atoms with Gasteiger partial charge in [-0.2, -0.15) is 0 Å². The van der Waals surface area contributed by atoms with Gasteiger partial charge in [-0.1, -0.05) is 43.5 Å². The fraction of sp³-hybridized carbons (Fsp3) is 0.535. The zero-order valence-electron chi connectivity index (χ0n) is 35.4. The van der Waals surface area contributed by atoms with Gasteiger partial charge in [-0.15, -0.1) is 0 Å². The quantitative estimate of drug-likeness (QED) is 0.0534. The number of carbonyl (C=O) groups excluding carboxylic acids is 3. The molecule has 3 N–H and O–H groups in total. The van der Waals surface area contributed by atoms with E-state index in [1.54, 1.807) is 12.1 Å². The van der Waals surface area contributed by atoms with Crippen LogP contribution in [0.25, 0.3) is 0 Å². The van der Waals surface area contributed by atoms with Crippen molar-refractivity contribution in [1.82, 2.24) is 15.3 Å². The largest absolute Gasteiger partial charge is 0.489 e. The normalized spacial score (nSPS) is 11.5. The first-order valence-electron chi connectivity index (χ1n) is 20.4. The van der Waals surface area contributed by atoms with Gasteiger partial charge in [0.2, 0.25) is 5.95 Å². The van der Waals surface area contributed by atoms with Crippen LogP contribution in [0.3, 0.4) is 0 Å². The van der Waals surface area contributed by atoms with E-state index in [-0.39, 0.29) is 87.4 Å². The number of carbonyl (C=O) groups is 4. The van der Waals surface area contributed by atoms with Crippen LogP contribution in [0.1, 0.15) is 93.6 Å². The first-order valence-corrected chi connectivity index (χ1v) is 21.9. The summed E-state index contributed by atoms with van der Waals surface area (Å²) in [6, 6.07) is 14.2. The van der Waals surface area contributed by atoms with Crippen LogP contribution in [-0.2, 0) is 61.1 Å². The van der Waals surface area contributed by atoms with E-state index in [0.29, 0.717) is 31.8 Å². The molecule has 0 fully saturated rings. The number of sulfonamides is 1. The summed E-state index contributed by atoms with van der Waals surface area (Å²) in [5.41, 5.74) is 1.91. The lowest BCUT2D eigenvalue weighted by Gasteiger charge is -2.19. The molecular formula is C43H60N4O13S. The molecule has 3 aromatic rings. The number of ether oxygens (including phenoxy) is 6. The molecule has 2 aromatic carbocycles. The average Bonchev–Trinajstić information content (AvgIpc) is 3.21. The number of Topliss-reactive ketones (excluding diaryl/α,β-unsaturated/α-hetero) is 1. The number of aromatic nitrogens is 2. The second-order valence-electron chi connectivity index (χ2n) is 15.0. The number of nitrogens with one attached hydrogen (secondary N) is 2. The van der Waals surface area contributed by atoms with Gasteiger partial charge in [0.25, 0.3) is 15.9 Å². The number of unbranched alkanes of at least 4 members (excludes halogenated alkanes) is 4. The highest BCUT2D eigenvalue weighted by atomic mass is 32.2. The van der Waals surface area contributed by atoms with E-state index >= 15 is 0 Å². The van der Waals surface area contributed by atoms with Gasteiger partial charge >= 0.3 is 11.9 Å². The van der Waals surface area contributed by atoms with E-state index < -0.39 is 27.5 Å². The molecule has 0 saturated carbocycles. The Morgan fingerprint density at radius 2 is 1.30 bits per heavy atom. The van der Waals surface area contributed by atoms with Gasteiger partial charge in [0.15, 0.2) is 5.78 Å². The number of hydrogen-bond donors (Lipinski definition) is 3. The molecule has 0 atom stereocenters. The maximum atomic E-state index is 13.0. The third-order valence-corrected chi connectivity index (χ3v) is 9.82. The lowest BCUT2D eigenvalue weighted by atomic mass is 10.0. The van der Waals surface area contributed by atoms with Crippen molar-refractivity contribution in [2.45, 2.75) is 95.7 Å². The lowest BCUT2D eigenvalue weighted by molar-refractivity contribution is -0.155. The monoisotopic (exact) mass is 872 g/mol. The molecule has 1 amide bonds. The Bertz CT molecular complexity index is 1870. The molecule has 0 bridgehead atoms. The van der Waals surface area contributed by atoms with Gasteiger partial charge in [0, 0.05) is 38.4 Å². The Morgan fingerprint density at radius 1 is 0.689 bits per heavy atom. The van der Waals surface area contributed by atoms with Crippen molar-refractivity contribution >= 4 is 39.6 Å². The summed E-state index contributed by atoms with van der Waals surface area (Å²) in [7, 11) is -4.02. The molecule has 0 aliphatic heterocycles. The molecule has 336 valence electrons. The molecular weight excluding hydrogens is 813 g/mol. The minimum absolute atomic E-state index is 0.0178. The highest BCUT2D eigenvalue weighted by molar-refractivity contribution is 7.92.